The number of carbonyl (C=O) groups is 2. The molecule has 142 valence electrons. The molecule has 1 atom stereocenters. The first-order chi connectivity index (χ1) is 13.1. The van der Waals surface area contributed by atoms with Crippen molar-refractivity contribution in [1.29, 1.82) is 0 Å². The number of carbonyl (C=O) groups excluding carboxylic acids is 2. The number of hydrogen-bond acceptors (Lipinski definition) is 4. The number of ether oxygens (including phenoxy) is 2. The number of nitrogens with zero attached hydrogens (tertiary/aromatic N) is 1. The minimum absolute atomic E-state index is 0.0912. The maximum absolute atomic E-state index is 13.0. The molecule has 27 heavy (non-hydrogen) atoms. The highest BCUT2D eigenvalue weighted by molar-refractivity contribution is 6.03. The number of anilines is 1. The zero-order valence-corrected chi connectivity index (χ0v) is 15.8. The Bertz CT molecular complexity index is 850. The van der Waals surface area contributed by atoms with Crippen LogP contribution in [0.2, 0.25) is 0 Å². The maximum atomic E-state index is 13.0. The van der Waals surface area contributed by atoms with Crippen LogP contribution < -0.4 is 14.8 Å². The fraction of sp³-hybridized carbons (Fsp3) is 0.333. The highest BCUT2D eigenvalue weighted by atomic mass is 16.5. The smallest absolute Gasteiger partial charge is 0.255 e. The first kappa shape index (κ1) is 18.8. The van der Waals surface area contributed by atoms with Gasteiger partial charge in [-0.3, -0.25) is 9.59 Å². The lowest BCUT2D eigenvalue weighted by Gasteiger charge is -2.26. The summed E-state index contributed by atoms with van der Waals surface area (Å²) >= 11 is 0. The van der Waals surface area contributed by atoms with Crippen molar-refractivity contribution >= 4 is 17.5 Å². The molecule has 0 spiro atoms. The van der Waals surface area contributed by atoms with Gasteiger partial charge in [0.2, 0.25) is 5.91 Å². The molecule has 3 rings (SSSR count). The van der Waals surface area contributed by atoms with Crippen molar-refractivity contribution in [3.8, 4) is 11.5 Å². The molecule has 6 nitrogen and oxygen atoms in total. The van der Waals surface area contributed by atoms with Gasteiger partial charge in [0.25, 0.3) is 5.91 Å². The maximum Gasteiger partial charge on any atom is 0.255 e. The zero-order valence-electron chi connectivity index (χ0n) is 15.8. The Balaban J connectivity index is 1.80. The second kappa shape index (κ2) is 8.12. The number of benzene rings is 2. The Morgan fingerprint density at radius 1 is 1.15 bits per heavy atom. The van der Waals surface area contributed by atoms with Crippen molar-refractivity contribution < 1.29 is 19.1 Å². The normalized spacial score (nSPS) is 13.9. The predicted molar refractivity (Wildman–Crippen MR) is 103 cm³/mol. The van der Waals surface area contributed by atoms with Crippen LogP contribution in [-0.2, 0) is 11.3 Å². The van der Waals surface area contributed by atoms with Gasteiger partial charge in [-0.05, 0) is 30.2 Å². The van der Waals surface area contributed by atoms with Gasteiger partial charge in [-0.1, -0.05) is 31.5 Å². The Morgan fingerprint density at radius 3 is 2.56 bits per heavy atom. The van der Waals surface area contributed by atoms with Crippen LogP contribution in [0.15, 0.2) is 42.5 Å². The summed E-state index contributed by atoms with van der Waals surface area (Å²) in [5, 5.41) is 2.91. The van der Waals surface area contributed by atoms with E-state index in [2.05, 4.69) is 5.32 Å². The Hall–Kier alpha value is -3.02. The number of hydrogen-bond donors (Lipinski definition) is 1. The number of fused-ring (bicyclic) bond motifs is 1. The van der Waals surface area contributed by atoms with Crippen molar-refractivity contribution in [2.24, 2.45) is 0 Å². The van der Waals surface area contributed by atoms with Gasteiger partial charge in [-0.25, -0.2) is 0 Å². The molecule has 0 aromatic heterocycles. The largest absolute Gasteiger partial charge is 0.493 e. The van der Waals surface area contributed by atoms with E-state index in [1.807, 2.05) is 31.2 Å². The van der Waals surface area contributed by atoms with E-state index in [4.69, 9.17) is 9.47 Å². The highest BCUT2D eigenvalue weighted by Crippen LogP contribution is 2.31. The first-order valence-electron chi connectivity index (χ1n) is 9.00. The molecule has 0 radical (unpaired) electrons. The van der Waals surface area contributed by atoms with Crippen LogP contribution in [0.3, 0.4) is 0 Å². The third-order valence-electron chi connectivity index (χ3n) is 4.74. The molecule has 1 N–H and O–H groups in total. The summed E-state index contributed by atoms with van der Waals surface area (Å²) in [5.74, 6) is 0.828. The molecular formula is C21H24N2O4. The number of methoxy groups -OCH3 is 2. The van der Waals surface area contributed by atoms with Crippen molar-refractivity contribution in [1.82, 2.24) is 4.90 Å². The van der Waals surface area contributed by atoms with Gasteiger partial charge in [-0.2, -0.15) is 0 Å². The summed E-state index contributed by atoms with van der Waals surface area (Å²) in [5.41, 5.74) is 2.24. The molecular weight excluding hydrogens is 344 g/mol. The molecule has 0 unspecified atom stereocenters. The third kappa shape index (κ3) is 3.74. The van der Waals surface area contributed by atoms with E-state index < -0.39 is 6.04 Å². The topological polar surface area (TPSA) is 67.9 Å². The molecule has 2 aromatic carbocycles. The lowest BCUT2D eigenvalue weighted by molar-refractivity contribution is -0.120. The highest BCUT2D eigenvalue weighted by Gasteiger charge is 2.35. The van der Waals surface area contributed by atoms with E-state index in [1.165, 1.54) is 0 Å². The first-order valence-corrected chi connectivity index (χ1v) is 9.00. The molecule has 6 heteroatoms. The van der Waals surface area contributed by atoms with Gasteiger partial charge in [-0.15, -0.1) is 0 Å². The summed E-state index contributed by atoms with van der Waals surface area (Å²) in [6.45, 7) is 2.46. The molecule has 1 aliphatic rings. The fourth-order valence-electron chi connectivity index (χ4n) is 3.37. The second-order valence-electron chi connectivity index (χ2n) is 6.45. The summed E-state index contributed by atoms with van der Waals surface area (Å²) < 4.78 is 10.5. The third-order valence-corrected chi connectivity index (χ3v) is 4.74. The molecule has 0 aliphatic carbocycles. The van der Waals surface area contributed by atoms with E-state index in [0.29, 0.717) is 35.7 Å². The minimum atomic E-state index is -0.525. The lowest BCUT2D eigenvalue weighted by Crippen LogP contribution is -2.44. The number of nitrogens with one attached hydrogen (secondary N) is 1. The molecule has 0 saturated carbocycles. The Labute approximate surface area is 159 Å². The molecule has 0 bridgehead atoms. The second-order valence-corrected chi connectivity index (χ2v) is 6.45. The number of amides is 2. The van der Waals surface area contributed by atoms with Gasteiger partial charge >= 0.3 is 0 Å². The van der Waals surface area contributed by atoms with Crippen molar-refractivity contribution in [3.63, 3.8) is 0 Å². The molecule has 2 aromatic rings. The molecule has 1 aliphatic heterocycles. The van der Waals surface area contributed by atoms with E-state index in [9.17, 15) is 9.59 Å². The summed E-state index contributed by atoms with van der Waals surface area (Å²) in [7, 11) is 3.10. The predicted octanol–water partition coefficient (Wildman–Crippen LogP) is 3.47. The zero-order chi connectivity index (χ0) is 19.4. The van der Waals surface area contributed by atoms with Crippen molar-refractivity contribution in [2.45, 2.75) is 32.4 Å². The number of rotatable bonds is 7. The quantitative estimate of drug-likeness (QED) is 0.813. The molecule has 1 heterocycles. The van der Waals surface area contributed by atoms with Crippen LogP contribution in [0.5, 0.6) is 11.5 Å². The molecule has 0 saturated heterocycles. The summed E-state index contributed by atoms with van der Waals surface area (Å²) in [4.78, 5) is 27.4. The fourth-order valence-corrected chi connectivity index (χ4v) is 3.37. The monoisotopic (exact) mass is 368 g/mol. The van der Waals surface area contributed by atoms with Crippen LogP contribution in [0.4, 0.5) is 5.69 Å². The van der Waals surface area contributed by atoms with Gasteiger partial charge in [0.1, 0.15) is 6.04 Å². The minimum Gasteiger partial charge on any atom is -0.493 e. The van der Waals surface area contributed by atoms with Gasteiger partial charge < -0.3 is 19.7 Å². The summed E-state index contributed by atoms with van der Waals surface area (Å²) in [6, 6.07) is 12.2. The molecule has 0 fully saturated rings. The standard InChI is InChI=1S/C21H24N2O4/c1-4-7-17(23-13-14-8-5-6-9-16(14)21(23)25)20(24)22-15-10-11-18(26-2)19(12-15)27-3/h5-6,8-12,17H,4,7,13H2,1-3H3,(H,22,24)/t17-/m0/s1. The van der Waals surface area contributed by atoms with Gasteiger partial charge in [0, 0.05) is 23.9 Å². The average molecular weight is 368 g/mol. The van der Waals surface area contributed by atoms with Gasteiger partial charge in [0.05, 0.1) is 14.2 Å². The van der Waals surface area contributed by atoms with Gasteiger partial charge in [0.15, 0.2) is 11.5 Å². The van der Waals surface area contributed by atoms with Crippen LogP contribution in [0.25, 0.3) is 0 Å². The van der Waals surface area contributed by atoms with Crippen LogP contribution in [-0.4, -0.2) is 37.0 Å². The van der Waals surface area contributed by atoms with Crippen molar-refractivity contribution in [2.75, 3.05) is 19.5 Å². The molecule has 2 amide bonds. The Morgan fingerprint density at radius 2 is 1.89 bits per heavy atom. The van der Waals surface area contributed by atoms with E-state index in [0.717, 1.165) is 12.0 Å². The lowest BCUT2D eigenvalue weighted by atomic mass is 10.1. The van der Waals surface area contributed by atoms with E-state index in [1.54, 1.807) is 37.3 Å². The Kier molecular flexibility index (Phi) is 5.64. The van der Waals surface area contributed by atoms with Crippen LogP contribution in [0.1, 0.15) is 35.7 Å². The SMILES string of the molecule is CCC[C@@H](C(=O)Nc1ccc(OC)c(OC)c1)N1Cc2ccccc2C1=O. The average Bonchev–Trinajstić information content (AvgIpc) is 3.02. The summed E-state index contributed by atoms with van der Waals surface area (Å²) in [6.07, 6.45) is 1.39. The van der Waals surface area contributed by atoms with E-state index >= 15 is 0 Å². The van der Waals surface area contributed by atoms with Crippen molar-refractivity contribution in [3.05, 3.63) is 53.6 Å². The van der Waals surface area contributed by atoms with Crippen LogP contribution >= 0.6 is 0 Å². The van der Waals surface area contributed by atoms with Crippen LogP contribution in [0, 0.1) is 0 Å². The van der Waals surface area contributed by atoms with E-state index in [-0.39, 0.29) is 11.8 Å².